The topological polar surface area (TPSA) is 102 Å². The molecule has 2 N–H and O–H groups in total. The number of hydrogen-bond donors (Lipinski definition) is 2. The normalized spacial score (nSPS) is 15.4. The summed E-state index contributed by atoms with van der Waals surface area (Å²) >= 11 is 0. The minimum atomic E-state index is -3.57. The Labute approximate surface area is 207 Å². The number of benzene rings is 3. The van der Waals surface area contributed by atoms with Crippen LogP contribution in [0.4, 0.5) is 14.5 Å². The summed E-state index contributed by atoms with van der Waals surface area (Å²) in [6, 6.07) is 16.8. The van der Waals surface area contributed by atoms with Crippen molar-refractivity contribution in [3.05, 3.63) is 77.4 Å². The summed E-state index contributed by atoms with van der Waals surface area (Å²) in [7, 11) is -3.57. The van der Waals surface area contributed by atoms with Gasteiger partial charge in [0.1, 0.15) is 17.6 Å². The minimum Gasteiger partial charge on any atom is -0.481 e. The zero-order valence-electron chi connectivity index (χ0n) is 19.6. The molecule has 0 aromatic heterocycles. The molecular weight excluding hydrogens is 492 g/mol. The Kier molecular flexibility index (Phi) is 7.16. The summed E-state index contributed by atoms with van der Waals surface area (Å²) in [4.78, 5) is 11.3. The van der Waals surface area contributed by atoms with E-state index in [0.717, 1.165) is 11.8 Å². The Morgan fingerprint density at radius 3 is 2.56 bits per heavy atom. The van der Waals surface area contributed by atoms with Gasteiger partial charge in [0.2, 0.25) is 10.0 Å². The molecule has 0 spiro atoms. The summed E-state index contributed by atoms with van der Waals surface area (Å²) in [5.74, 6) is -0.838. The molecule has 0 saturated heterocycles. The minimum absolute atomic E-state index is 0.0261. The van der Waals surface area contributed by atoms with Crippen molar-refractivity contribution < 1.29 is 36.6 Å². The Bertz CT molecular complexity index is 1390. The lowest BCUT2D eigenvalue weighted by Crippen LogP contribution is -2.18. The van der Waals surface area contributed by atoms with E-state index >= 15 is 0 Å². The molecule has 4 rings (SSSR count). The Balaban J connectivity index is 1.86. The van der Waals surface area contributed by atoms with E-state index in [9.17, 15) is 27.1 Å². The third-order valence-electron chi connectivity index (χ3n) is 5.95. The number of anilines is 1. The molecule has 0 saturated carbocycles. The van der Waals surface area contributed by atoms with E-state index in [1.807, 2.05) is 31.2 Å². The molecule has 0 amide bonds. The van der Waals surface area contributed by atoms with Gasteiger partial charge in [0.05, 0.1) is 18.2 Å². The third kappa shape index (κ3) is 5.59. The molecule has 10 heteroatoms. The molecule has 0 fully saturated rings. The van der Waals surface area contributed by atoms with Gasteiger partial charge in [0, 0.05) is 11.3 Å². The number of fused-ring (bicyclic) bond motifs is 3. The number of ether oxygens (including phenoxy) is 2. The van der Waals surface area contributed by atoms with Crippen molar-refractivity contribution in [2.45, 2.75) is 38.4 Å². The molecule has 190 valence electrons. The van der Waals surface area contributed by atoms with Gasteiger partial charge in [-0.3, -0.25) is 9.52 Å². The van der Waals surface area contributed by atoms with E-state index in [4.69, 9.17) is 9.47 Å². The van der Waals surface area contributed by atoms with Gasteiger partial charge in [-0.25, -0.2) is 8.42 Å². The number of aliphatic carboxylic acids is 1. The second-order valence-electron chi connectivity index (χ2n) is 8.56. The van der Waals surface area contributed by atoms with Gasteiger partial charge >= 0.3 is 12.6 Å². The Morgan fingerprint density at radius 1 is 1.14 bits per heavy atom. The van der Waals surface area contributed by atoms with Gasteiger partial charge in [-0.1, -0.05) is 43.3 Å². The van der Waals surface area contributed by atoms with Crippen molar-refractivity contribution in [2.75, 3.05) is 11.0 Å². The van der Waals surface area contributed by atoms with Crippen LogP contribution >= 0.6 is 0 Å². The quantitative estimate of drug-likeness (QED) is 0.373. The fourth-order valence-corrected chi connectivity index (χ4v) is 5.03. The summed E-state index contributed by atoms with van der Waals surface area (Å²) < 4.78 is 63.4. The molecule has 3 aromatic rings. The summed E-state index contributed by atoms with van der Waals surface area (Å²) in [6.07, 6.45) is 0.915. The predicted molar refractivity (Wildman–Crippen MR) is 131 cm³/mol. The fraction of sp³-hybridized carbons (Fsp3) is 0.269. The van der Waals surface area contributed by atoms with Crippen molar-refractivity contribution in [3.63, 3.8) is 0 Å². The highest BCUT2D eigenvalue weighted by atomic mass is 32.2. The van der Waals surface area contributed by atoms with Crippen molar-refractivity contribution in [1.29, 1.82) is 0 Å². The first-order valence-corrected chi connectivity index (χ1v) is 13.1. The van der Waals surface area contributed by atoms with Crippen LogP contribution in [0.5, 0.6) is 11.5 Å². The number of rotatable bonds is 9. The number of hydrogen-bond acceptors (Lipinski definition) is 5. The van der Waals surface area contributed by atoms with Gasteiger partial charge in [0.15, 0.2) is 0 Å². The van der Waals surface area contributed by atoms with Crippen LogP contribution in [0.2, 0.25) is 0 Å². The molecule has 3 aromatic carbocycles. The molecule has 1 aliphatic heterocycles. The lowest BCUT2D eigenvalue weighted by molar-refractivity contribution is -0.137. The summed E-state index contributed by atoms with van der Waals surface area (Å²) in [5, 5.41) is 9.30. The van der Waals surface area contributed by atoms with Crippen LogP contribution in [-0.4, -0.2) is 32.4 Å². The van der Waals surface area contributed by atoms with E-state index in [0.29, 0.717) is 34.4 Å². The van der Waals surface area contributed by atoms with Gasteiger partial charge in [-0.2, -0.15) is 8.78 Å². The number of sulfonamides is 1. The molecule has 7 nitrogen and oxygen atoms in total. The van der Waals surface area contributed by atoms with Crippen LogP contribution in [-0.2, 0) is 14.8 Å². The van der Waals surface area contributed by atoms with Crippen LogP contribution in [0.25, 0.3) is 11.1 Å². The number of alkyl halides is 2. The average Bonchev–Trinajstić information content (AvgIpc) is 2.80. The molecule has 0 radical (unpaired) electrons. The lowest BCUT2D eigenvalue weighted by Gasteiger charge is -2.31. The van der Waals surface area contributed by atoms with Gasteiger partial charge in [-0.05, 0) is 53.3 Å². The van der Waals surface area contributed by atoms with E-state index in [-0.39, 0.29) is 23.8 Å². The maximum atomic E-state index is 13.1. The van der Waals surface area contributed by atoms with Crippen molar-refractivity contribution in [1.82, 2.24) is 0 Å². The molecule has 0 aliphatic carbocycles. The smallest absolute Gasteiger partial charge is 0.387 e. The van der Waals surface area contributed by atoms with Crippen LogP contribution in [0, 0.1) is 0 Å². The number of nitrogens with one attached hydrogen (secondary N) is 1. The summed E-state index contributed by atoms with van der Waals surface area (Å²) in [6.45, 7) is -1.13. The first kappa shape index (κ1) is 25.4. The zero-order valence-corrected chi connectivity index (χ0v) is 20.4. The highest BCUT2D eigenvalue weighted by molar-refractivity contribution is 7.92. The molecule has 1 aliphatic rings. The van der Waals surface area contributed by atoms with Crippen molar-refractivity contribution >= 4 is 21.7 Å². The Morgan fingerprint density at radius 2 is 1.89 bits per heavy atom. The predicted octanol–water partition coefficient (Wildman–Crippen LogP) is 5.78. The van der Waals surface area contributed by atoms with E-state index in [1.54, 1.807) is 30.3 Å². The van der Waals surface area contributed by atoms with E-state index < -0.39 is 28.7 Å². The van der Waals surface area contributed by atoms with Crippen LogP contribution < -0.4 is 14.2 Å². The van der Waals surface area contributed by atoms with Gasteiger partial charge in [0.25, 0.3) is 0 Å². The largest absolute Gasteiger partial charge is 0.481 e. The number of halogens is 2. The Hall–Kier alpha value is -3.66. The third-order valence-corrected chi connectivity index (χ3v) is 6.56. The molecule has 36 heavy (non-hydrogen) atoms. The first-order valence-electron chi connectivity index (χ1n) is 11.2. The summed E-state index contributed by atoms with van der Waals surface area (Å²) in [5.41, 5.74) is 3.26. The van der Waals surface area contributed by atoms with Crippen LogP contribution in [0.1, 0.15) is 48.5 Å². The first-order chi connectivity index (χ1) is 17.1. The molecule has 0 bridgehead atoms. The molecule has 1 heterocycles. The zero-order chi connectivity index (χ0) is 26.0. The molecule has 2 atom stereocenters. The van der Waals surface area contributed by atoms with E-state index in [2.05, 4.69) is 4.72 Å². The number of carbonyl (C=O) groups is 1. The second kappa shape index (κ2) is 10.1. The SMILES string of the molecule is CCC(CC(=O)O)c1cccc(C2Oc3cccc(OC(F)F)c3-c3ccc(NS(C)(=O)=O)cc32)c1. The number of carboxylic acids is 1. The van der Waals surface area contributed by atoms with Crippen LogP contribution in [0.3, 0.4) is 0 Å². The average molecular weight is 518 g/mol. The highest BCUT2D eigenvalue weighted by Crippen LogP contribution is 2.50. The lowest BCUT2D eigenvalue weighted by atomic mass is 9.86. The molecule has 2 unspecified atom stereocenters. The van der Waals surface area contributed by atoms with E-state index in [1.165, 1.54) is 6.07 Å². The fourth-order valence-electron chi connectivity index (χ4n) is 4.48. The van der Waals surface area contributed by atoms with Crippen LogP contribution in [0.15, 0.2) is 60.7 Å². The van der Waals surface area contributed by atoms with Crippen molar-refractivity contribution in [3.8, 4) is 22.6 Å². The number of carboxylic acid groups (broad SMARTS) is 1. The maximum Gasteiger partial charge on any atom is 0.387 e. The standard InChI is InChI=1S/C26H25F2NO6S/c1-3-15(13-23(30)31)16-6-4-7-17(12-16)25-20-14-18(29-36(2,32)33)10-11-19(20)24-21(34-25)8-5-9-22(24)35-26(27)28/h4-12,14-15,25-26,29H,3,13H2,1-2H3,(H,30,31). The molecular formula is C26H25F2NO6S. The second-order valence-corrected chi connectivity index (χ2v) is 10.3. The monoisotopic (exact) mass is 517 g/mol. The van der Waals surface area contributed by atoms with Crippen molar-refractivity contribution in [2.24, 2.45) is 0 Å². The van der Waals surface area contributed by atoms with Gasteiger partial charge in [-0.15, -0.1) is 0 Å². The van der Waals surface area contributed by atoms with Gasteiger partial charge < -0.3 is 14.6 Å². The highest BCUT2D eigenvalue weighted by Gasteiger charge is 2.31. The maximum absolute atomic E-state index is 13.1.